The molecule has 1 saturated heterocycles. The van der Waals surface area contributed by atoms with Crippen LogP contribution in [0, 0.1) is 11.8 Å². The van der Waals surface area contributed by atoms with Crippen molar-refractivity contribution in [3.63, 3.8) is 0 Å². The van der Waals surface area contributed by atoms with E-state index in [-0.39, 0.29) is 6.61 Å². The van der Waals surface area contributed by atoms with Crippen LogP contribution in [0.5, 0.6) is 0 Å². The van der Waals surface area contributed by atoms with Gasteiger partial charge >= 0.3 is 0 Å². The predicted molar refractivity (Wildman–Crippen MR) is 76.6 cm³/mol. The number of aliphatic hydroxyl groups is 1. The molecule has 2 rings (SSSR count). The Bertz CT molecular complexity index is 453. The molecule has 18 heavy (non-hydrogen) atoms. The van der Waals surface area contributed by atoms with Crippen LogP contribution in [0.1, 0.15) is 42.9 Å². The fourth-order valence-corrected chi connectivity index (χ4v) is 3.28. The van der Waals surface area contributed by atoms with E-state index in [4.69, 9.17) is 5.11 Å². The van der Waals surface area contributed by atoms with Gasteiger partial charge in [-0.25, -0.2) is 0 Å². The number of nitrogens with zero attached hydrogens (tertiary/aromatic N) is 1. The van der Waals surface area contributed by atoms with E-state index in [1.807, 2.05) is 0 Å². The number of aliphatic hydroxyl groups excluding tert-OH is 1. The average molecular weight is 263 g/mol. The monoisotopic (exact) mass is 263 g/mol. The summed E-state index contributed by atoms with van der Waals surface area (Å²) in [5, 5.41) is 8.69. The Kier molecular flexibility index (Phi) is 4.45. The first kappa shape index (κ1) is 13.6. The molecule has 0 saturated carbocycles. The lowest BCUT2D eigenvalue weighted by Crippen LogP contribution is -2.37. The topological polar surface area (TPSA) is 23.5 Å². The maximum atomic E-state index is 8.69. The van der Waals surface area contributed by atoms with E-state index in [0.717, 1.165) is 11.4 Å². The van der Waals surface area contributed by atoms with Crippen molar-refractivity contribution in [1.82, 2.24) is 4.90 Å². The van der Waals surface area contributed by atoms with Crippen LogP contribution in [0.2, 0.25) is 0 Å². The van der Waals surface area contributed by atoms with E-state index in [1.165, 1.54) is 24.3 Å². The van der Waals surface area contributed by atoms with Crippen LogP contribution in [0.15, 0.2) is 12.1 Å². The Labute approximate surface area is 114 Å². The summed E-state index contributed by atoms with van der Waals surface area (Å²) < 4.78 is 0. The van der Waals surface area contributed by atoms with Crippen LogP contribution in [0.4, 0.5) is 0 Å². The van der Waals surface area contributed by atoms with E-state index >= 15 is 0 Å². The van der Waals surface area contributed by atoms with Gasteiger partial charge in [-0.3, -0.25) is 4.90 Å². The molecule has 0 spiro atoms. The highest BCUT2D eigenvalue weighted by Crippen LogP contribution is 2.31. The molecule has 0 radical (unpaired) electrons. The first-order chi connectivity index (χ1) is 8.62. The van der Waals surface area contributed by atoms with Crippen LogP contribution in [-0.4, -0.2) is 28.7 Å². The van der Waals surface area contributed by atoms with Crippen LogP contribution in [0.25, 0.3) is 0 Å². The molecule has 1 fully saturated rings. The maximum absolute atomic E-state index is 8.69. The largest absolute Gasteiger partial charge is 0.395 e. The Balaban J connectivity index is 1.97. The van der Waals surface area contributed by atoms with Crippen molar-refractivity contribution in [2.45, 2.75) is 45.2 Å². The van der Waals surface area contributed by atoms with Crippen molar-refractivity contribution in [3.05, 3.63) is 21.9 Å². The zero-order chi connectivity index (χ0) is 13.0. The highest BCUT2D eigenvalue weighted by Gasteiger charge is 2.31. The lowest BCUT2D eigenvalue weighted by atomic mass is 10.0. The van der Waals surface area contributed by atoms with Crippen molar-refractivity contribution in [3.8, 4) is 11.8 Å². The van der Waals surface area contributed by atoms with E-state index < -0.39 is 0 Å². The molecule has 1 N–H and O–H groups in total. The molecular weight excluding hydrogens is 242 g/mol. The Morgan fingerprint density at radius 3 is 2.94 bits per heavy atom. The smallest absolute Gasteiger partial charge is 0.0771 e. The van der Waals surface area contributed by atoms with Crippen molar-refractivity contribution >= 4 is 11.3 Å². The minimum atomic E-state index is 0.146. The first-order valence-electron chi connectivity index (χ1n) is 6.55. The van der Waals surface area contributed by atoms with E-state index in [2.05, 4.69) is 42.7 Å². The molecule has 0 aliphatic carbocycles. The standard InChI is InChI=1S/C15H21NOS/c1-15(2)9-5-10-16(15)12-14-8-7-13(18-14)6-3-4-11-17/h7-8,17H,4-5,9-12H2,1-2H3. The zero-order valence-electron chi connectivity index (χ0n) is 11.2. The molecule has 1 aliphatic heterocycles. The molecule has 98 valence electrons. The molecule has 3 heteroatoms. The van der Waals surface area contributed by atoms with Crippen LogP contribution in [-0.2, 0) is 6.54 Å². The molecule has 0 atom stereocenters. The molecule has 1 aliphatic rings. The SMILES string of the molecule is CC1(C)CCCN1Cc1ccc(C#CCCO)s1. The minimum absolute atomic E-state index is 0.146. The number of hydrogen-bond donors (Lipinski definition) is 1. The first-order valence-corrected chi connectivity index (χ1v) is 7.37. The Morgan fingerprint density at radius 1 is 1.44 bits per heavy atom. The molecule has 2 nitrogen and oxygen atoms in total. The second kappa shape index (κ2) is 5.88. The third-order valence-electron chi connectivity index (χ3n) is 3.53. The van der Waals surface area contributed by atoms with Gasteiger partial charge < -0.3 is 5.11 Å². The maximum Gasteiger partial charge on any atom is 0.0771 e. The zero-order valence-corrected chi connectivity index (χ0v) is 12.0. The van der Waals surface area contributed by atoms with Gasteiger partial charge in [0.1, 0.15) is 0 Å². The van der Waals surface area contributed by atoms with Gasteiger partial charge in [0.2, 0.25) is 0 Å². The summed E-state index contributed by atoms with van der Waals surface area (Å²) in [6.07, 6.45) is 3.16. The van der Waals surface area contributed by atoms with Gasteiger partial charge in [-0.05, 0) is 45.4 Å². The number of likely N-dealkylation sites (tertiary alicyclic amines) is 1. The van der Waals surface area contributed by atoms with Gasteiger partial charge in [0.05, 0.1) is 11.5 Å². The van der Waals surface area contributed by atoms with Gasteiger partial charge in [0.25, 0.3) is 0 Å². The fraction of sp³-hybridized carbons (Fsp3) is 0.600. The summed E-state index contributed by atoms with van der Waals surface area (Å²) in [5.41, 5.74) is 0.340. The summed E-state index contributed by atoms with van der Waals surface area (Å²) in [6, 6.07) is 4.27. The number of thiophene rings is 1. The molecule has 0 amide bonds. The van der Waals surface area contributed by atoms with Crippen molar-refractivity contribution in [2.75, 3.05) is 13.2 Å². The van der Waals surface area contributed by atoms with Crippen molar-refractivity contribution < 1.29 is 5.11 Å². The van der Waals surface area contributed by atoms with Gasteiger partial charge in [0, 0.05) is 23.4 Å². The highest BCUT2D eigenvalue weighted by atomic mass is 32.1. The van der Waals surface area contributed by atoms with Crippen molar-refractivity contribution in [1.29, 1.82) is 0 Å². The van der Waals surface area contributed by atoms with E-state index in [1.54, 1.807) is 11.3 Å². The number of hydrogen-bond acceptors (Lipinski definition) is 3. The summed E-state index contributed by atoms with van der Waals surface area (Å²) in [4.78, 5) is 5.05. The summed E-state index contributed by atoms with van der Waals surface area (Å²) in [7, 11) is 0. The van der Waals surface area contributed by atoms with Crippen LogP contribution < -0.4 is 0 Å². The molecular formula is C15H21NOS. The van der Waals surface area contributed by atoms with Crippen LogP contribution >= 0.6 is 11.3 Å². The molecule has 0 unspecified atom stereocenters. The Morgan fingerprint density at radius 2 is 2.28 bits per heavy atom. The van der Waals surface area contributed by atoms with Gasteiger partial charge in [-0.1, -0.05) is 11.8 Å². The molecule has 1 aromatic heterocycles. The van der Waals surface area contributed by atoms with E-state index in [9.17, 15) is 0 Å². The third kappa shape index (κ3) is 3.35. The third-order valence-corrected chi connectivity index (χ3v) is 4.51. The molecule has 0 bridgehead atoms. The summed E-state index contributed by atoms with van der Waals surface area (Å²) in [5.74, 6) is 6.07. The Hall–Kier alpha value is -0.820. The lowest BCUT2D eigenvalue weighted by Gasteiger charge is -2.31. The summed E-state index contributed by atoms with van der Waals surface area (Å²) >= 11 is 1.77. The van der Waals surface area contributed by atoms with Crippen molar-refractivity contribution in [2.24, 2.45) is 0 Å². The van der Waals surface area contributed by atoms with Gasteiger partial charge in [0.15, 0.2) is 0 Å². The molecule has 1 aromatic rings. The van der Waals surface area contributed by atoms with Gasteiger partial charge in [-0.15, -0.1) is 11.3 Å². The van der Waals surface area contributed by atoms with Gasteiger partial charge in [-0.2, -0.15) is 0 Å². The van der Waals surface area contributed by atoms with Crippen LogP contribution in [0.3, 0.4) is 0 Å². The minimum Gasteiger partial charge on any atom is -0.395 e. The normalized spacial score (nSPS) is 18.6. The highest BCUT2D eigenvalue weighted by molar-refractivity contribution is 7.12. The number of rotatable bonds is 3. The fourth-order valence-electron chi connectivity index (χ4n) is 2.38. The second-order valence-corrected chi connectivity index (χ2v) is 6.55. The second-order valence-electron chi connectivity index (χ2n) is 5.38. The predicted octanol–water partition coefficient (Wildman–Crippen LogP) is 2.86. The van der Waals surface area contributed by atoms with E-state index in [0.29, 0.717) is 12.0 Å². The average Bonchev–Trinajstić information content (AvgIpc) is 2.88. The molecule has 0 aromatic carbocycles. The molecule has 2 heterocycles. The quantitative estimate of drug-likeness (QED) is 0.848. The lowest BCUT2D eigenvalue weighted by molar-refractivity contribution is 0.168. The summed E-state index contributed by atoms with van der Waals surface area (Å²) in [6.45, 7) is 7.05.